The quantitative estimate of drug-likeness (QED) is 0.683. The molecule has 8 heteroatoms. The zero-order valence-electron chi connectivity index (χ0n) is 9.93. The van der Waals surface area contributed by atoms with Gasteiger partial charge in [0.15, 0.2) is 5.76 Å². The molecule has 1 amide bonds. The molecule has 0 aliphatic carbocycles. The number of amides is 1. The standard InChI is InChI=1S/C12H8BrFN2O4/c13-9-2-1-8(14)5-7(9)6-15-12(17)10-3-4-11(20-10)16(18)19/h1-5H,6H2,(H,15,17). The van der Waals surface area contributed by atoms with Crippen molar-refractivity contribution < 1.29 is 18.5 Å². The van der Waals surface area contributed by atoms with Crippen LogP contribution in [0, 0.1) is 15.9 Å². The number of benzene rings is 1. The minimum atomic E-state index is -0.736. The monoisotopic (exact) mass is 342 g/mol. The number of nitro groups is 1. The van der Waals surface area contributed by atoms with Gasteiger partial charge in [-0.2, -0.15) is 0 Å². The van der Waals surface area contributed by atoms with Gasteiger partial charge in [-0.1, -0.05) is 15.9 Å². The van der Waals surface area contributed by atoms with Crippen molar-refractivity contribution in [1.29, 1.82) is 0 Å². The fourth-order valence-electron chi connectivity index (χ4n) is 1.49. The summed E-state index contributed by atoms with van der Waals surface area (Å²) in [6, 6.07) is 6.37. The average molecular weight is 343 g/mol. The molecular weight excluding hydrogens is 335 g/mol. The van der Waals surface area contributed by atoms with Crippen molar-refractivity contribution in [1.82, 2.24) is 5.32 Å². The first kappa shape index (κ1) is 14.2. The molecule has 0 atom stereocenters. The number of carbonyl (C=O) groups excluding carboxylic acids is 1. The molecule has 1 N–H and O–H groups in total. The van der Waals surface area contributed by atoms with Gasteiger partial charge in [0.2, 0.25) is 0 Å². The van der Waals surface area contributed by atoms with Gasteiger partial charge in [-0.3, -0.25) is 14.9 Å². The van der Waals surface area contributed by atoms with Crippen molar-refractivity contribution in [2.45, 2.75) is 6.54 Å². The van der Waals surface area contributed by atoms with Gasteiger partial charge in [0.05, 0.1) is 6.07 Å². The Hall–Kier alpha value is -2.22. The second-order valence-electron chi connectivity index (χ2n) is 3.81. The van der Waals surface area contributed by atoms with E-state index in [9.17, 15) is 19.3 Å². The molecule has 20 heavy (non-hydrogen) atoms. The van der Waals surface area contributed by atoms with Crippen LogP contribution in [0.4, 0.5) is 10.3 Å². The van der Waals surface area contributed by atoms with E-state index in [0.717, 1.165) is 6.07 Å². The lowest BCUT2D eigenvalue weighted by molar-refractivity contribution is -0.402. The third kappa shape index (κ3) is 3.21. The normalized spacial score (nSPS) is 10.3. The first-order valence-electron chi connectivity index (χ1n) is 5.43. The SMILES string of the molecule is O=C(NCc1cc(F)ccc1Br)c1ccc([N+](=O)[O-])o1. The molecule has 0 fully saturated rings. The van der Waals surface area contributed by atoms with Crippen molar-refractivity contribution >= 4 is 27.7 Å². The minimum Gasteiger partial charge on any atom is -0.395 e. The van der Waals surface area contributed by atoms with Crippen LogP contribution in [0.3, 0.4) is 0 Å². The predicted molar refractivity (Wildman–Crippen MR) is 70.6 cm³/mol. The smallest absolute Gasteiger partial charge is 0.395 e. The molecule has 0 radical (unpaired) electrons. The van der Waals surface area contributed by atoms with Crippen LogP contribution < -0.4 is 5.32 Å². The second-order valence-corrected chi connectivity index (χ2v) is 4.67. The first-order valence-corrected chi connectivity index (χ1v) is 6.23. The molecule has 2 aromatic rings. The largest absolute Gasteiger partial charge is 0.433 e. The molecule has 1 aromatic heterocycles. The molecule has 0 unspecified atom stereocenters. The lowest BCUT2D eigenvalue weighted by atomic mass is 10.2. The van der Waals surface area contributed by atoms with Gasteiger partial charge in [-0.05, 0) is 29.8 Å². The molecule has 1 heterocycles. The van der Waals surface area contributed by atoms with Gasteiger partial charge >= 0.3 is 5.88 Å². The number of carbonyl (C=O) groups is 1. The van der Waals surface area contributed by atoms with E-state index in [1.54, 1.807) is 0 Å². The topological polar surface area (TPSA) is 85.4 Å². The summed E-state index contributed by atoms with van der Waals surface area (Å²) in [4.78, 5) is 21.4. The number of rotatable bonds is 4. The summed E-state index contributed by atoms with van der Waals surface area (Å²) in [5.41, 5.74) is 0.541. The number of furan rings is 1. The molecule has 0 bridgehead atoms. The average Bonchev–Trinajstić information content (AvgIpc) is 2.89. The number of hydrogen-bond acceptors (Lipinski definition) is 4. The van der Waals surface area contributed by atoms with Gasteiger partial charge in [-0.25, -0.2) is 4.39 Å². The maximum Gasteiger partial charge on any atom is 0.433 e. The summed E-state index contributed by atoms with van der Waals surface area (Å²) in [6.45, 7) is 0.0612. The van der Waals surface area contributed by atoms with Crippen molar-refractivity contribution in [2.75, 3.05) is 0 Å². The minimum absolute atomic E-state index is 0.0612. The Morgan fingerprint density at radius 3 is 2.80 bits per heavy atom. The second kappa shape index (κ2) is 5.83. The van der Waals surface area contributed by atoms with E-state index < -0.39 is 22.5 Å². The Morgan fingerprint density at radius 2 is 2.15 bits per heavy atom. The number of nitrogens with zero attached hydrogens (tertiary/aromatic N) is 1. The van der Waals surface area contributed by atoms with Crippen LogP contribution in [-0.2, 0) is 6.54 Å². The van der Waals surface area contributed by atoms with E-state index in [2.05, 4.69) is 21.2 Å². The summed E-state index contributed by atoms with van der Waals surface area (Å²) in [5, 5.41) is 12.9. The van der Waals surface area contributed by atoms with Crippen LogP contribution in [0.15, 0.2) is 39.2 Å². The fraction of sp³-hybridized carbons (Fsp3) is 0.0833. The number of nitrogens with one attached hydrogen (secondary N) is 1. The molecule has 6 nitrogen and oxygen atoms in total. The zero-order valence-corrected chi connectivity index (χ0v) is 11.5. The molecule has 0 aliphatic heterocycles. The van der Waals surface area contributed by atoms with E-state index >= 15 is 0 Å². The summed E-state index contributed by atoms with van der Waals surface area (Å²) >= 11 is 3.23. The maximum atomic E-state index is 13.1. The third-order valence-electron chi connectivity index (χ3n) is 2.44. The molecule has 0 aliphatic rings. The molecular formula is C12H8BrFN2O4. The van der Waals surface area contributed by atoms with Crippen molar-refractivity contribution in [3.05, 3.63) is 62.1 Å². The zero-order chi connectivity index (χ0) is 14.7. The van der Waals surface area contributed by atoms with Crippen LogP contribution in [0.25, 0.3) is 0 Å². The Labute approximate surface area is 120 Å². The molecule has 0 saturated carbocycles. The third-order valence-corrected chi connectivity index (χ3v) is 3.22. The van der Waals surface area contributed by atoms with Gasteiger partial charge in [0.1, 0.15) is 10.7 Å². The van der Waals surface area contributed by atoms with E-state index in [4.69, 9.17) is 4.42 Å². The van der Waals surface area contributed by atoms with Crippen LogP contribution in [-0.4, -0.2) is 10.8 Å². The Kier molecular flexibility index (Phi) is 4.14. The number of hydrogen-bond donors (Lipinski definition) is 1. The van der Waals surface area contributed by atoms with Gasteiger partial charge in [0.25, 0.3) is 5.91 Å². The highest BCUT2D eigenvalue weighted by Gasteiger charge is 2.17. The molecule has 0 spiro atoms. The predicted octanol–water partition coefficient (Wildman–Crippen LogP) is 3.02. The lowest BCUT2D eigenvalue weighted by Gasteiger charge is -2.05. The maximum absolute atomic E-state index is 13.1. The fourth-order valence-corrected chi connectivity index (χ4v) is 1.88. The van der Waals surface area contributed by atoms with E-state index in [1.165, 1.54) is 24.3 Å². The van der Waals surface area contributed by atoms with Crippen molar-refractivity contribution in [3.63, 3.8) is 0 Å². The molecule has 1 aromatic carbocycles. The van der Waals surface area contributed by atoms with E-state index in [1.807, 2.05) is 0 Å². The van der Waals surface area contributed by atoms with E-state index in [0.29, 0.717) is 10.0 Å². The van der Waals surface area contributed by atoms with Crippen LogP contribution in [0.5, 0.6) is 0 Å². The number of halogens is 2. The Balaban J connectivity index is 2.04. The van der Waals surface area contributed by atoms with E-state index in [-0.39, 0.29) is 12.3 Å². The Morgan fingerprint density at radius 1 is 1.40 bits per heavy atom. The van der Waals surface area contributed by atoms with Crippen LogP contribution >= 0.6 is 15.9 Å². The Bertz CT molecular complexity index is 671. The summed E-state index contributed by atoms with van der Waals surface area (Å²) in [6.07, 6.45) is 0. The lowest BCUT2D eigenvalue weighted by Crippen LogP contribution is -2.22. The summed E-state index contributed by atoms with van der Waals surface area (Å²) in [7, 11) is 0. The molecule has 2 rings (SSSR count). The molecule has 0 saturated heterocycles. The molecule has 104 valence electrons. The summed E-state index contributed by atoms with van der Waals surface area (Å²) in [5.74, 6) is -1.73. The van der Waals surface area contributed by atoms with Gasteiger partial charge in [0, 0.05) is 11.0 Å². The van der Waals surface area contributed by atoms with Crippen LogP contribution in [0.2, 0.25) is 0 Å². The highest BCUT2D eigenvalue weighted by atomic mass is 79.9. The van der Waals surface area contributed by atoms with Gasteiger partial charge in [-0.15, -0.1) is 0 Å². The van der Waals surface area contributed by atoms with Crippen molar-refractivity contribution in [3.8, 4) is 0 Å². The first-order chi connectivity index (χ1) is 9.47. The van der Waals surface area contributed by atoms with Crippen LogP contribution in [0.1, 0.15) is 16.1 Å². The van der Waals surface area contributed by atoms with Gasteiger partial charge < -0.3 is 9.73 Å². The van der Waals surface area contributed by atoms with Crippen molar-refractivity contribution in [2.24, 2.45) is 0 Å². The summed E-state index contributed by atoms with van der Waals surface area (Å²) < 4.78 is 18.5. The highest BCUT2D eigenvalue weighted by Crippen LogP contribution is 2.18. The highest BCUT2D eigenvalue weighted by molar-refractivity contribution is 9.10.